The molecule has 0 aromatic carbocycles. The lowest BCUT2D eigenvalue weighted by Gasteiger charge is -2.22. The Labute approximate surface area is 89.1 Å². The molecule has 84 valence electrons. The fourth-order valence-corrected chi connectivity index (χ4v) is 2.25. The van der Waals surface area contributed by atoms with E-state index in [0.717, 1.165) is 43.7 Å². The Balaban J connectivity index is 1.94. The van der Waals surface area contributed by atoms with Gasteiger partial charge in [0.2, 0.25) is 0 Å². The Morgan fingerprint density at radius 3 is 2.79 bits per heavy atom. The molecule has 0 radical (unpaired) electrons. The van der Waals surface area contributed by atoms with Crippen LogP contribution >= 0.6 is 0 Å². The normalized spacial score (nSPS) is 20.9. The third-order valence-corrected chi connectivity index (χ3v) is 3.91. The van der Waals surface area contributed by atoms with Crippen LogP contribution < -0.4 is 5.32 Å². The highest BCUT2D eigenvalue weighted by Gasteiger charge is 2.12. The molecule has 1 saturated heterocycles. The summed E-state index contributed by atoms with van der Waals surface area (Å²) in [7, 11) is -0.621. The van der Waals surface area contributed by atoms with E-state index in [1.54, 1.807) is 0 Å². The summed E-state index contributed by atoms with van der Waals surface area (Å²) >= 11 is 0. The zero-order chi connectivity index (χ0) is 10.2. The van der Waals surface area contributed by atoms with Crippen LogP contribution in [0.2, 0.25) is 0 Å². The molecule has 1 N–H and O–H groups in total. The summed E-state index contributed by atoms with van der Waals surface area (Å²) in [5, 5.41) is 3.37. The number of hydrogen-bond acceptors (Lipinski definition) is 3. The van der Waals surface area contributed by atoms with Gasteiger partial charge in [-0.25, -0.2) is 0 Å². The summed E-state index contributed by atoms with van der Waals surface area (Å²) in [4.78, 5) is 0. The zero-order valence-corrected chi connectivity index (χ0v) is 9.78. The van der Waals surface area contributed by atoms with E-state index in [1.165, 1.54) is 12.8 Å². The van der Waals surface area contributed by atoms with Crippen molar-refractivity contribution in [2.75, 3.05) is 37.8 Å². The summed E-state index contributed by atoms with van der Waals surface area (Å²) in [5.74, 6) is 2.33. The van der Waals surface area contributed by atoms with E-state index in [0.29, 0.717) is 0 Å². The Morgan fingerprint density at radius 2 is 2.14 bits per heavy atom. The molecule has 0 aliphatic carbocycles. The molecule has 1 rings (SSSR count). The molecule has 0 aromatic heterocycles. The predicted molar refractivity (Wildman–Crippen MR) is 60.0 cm³/mol. The molecule has 0 saturated carbocycles. The third kappa shape index (κ3) is 5.08. The summed E-state index contributed by atoms with van der Waals surface area (Å²) < 4.78 is 16.4. The quantitative estimate of drug-likeness (QED) is 0.671. The number of nitrogens with one attached hydrogen (secondary N) is 1. The minimum Gasteiger partial charge on any atom is -0.381 e. The molecule has 0 aromatic rings. The second kappa shape index (κ2) is 7.37. The first-order valence-corrected chi connectivity index (χ1v) is 6.95. The first-order valence-electron chi connectivity index (χ1n) is 5.46. The van der Waals surface area contributed by atoms with Crippen molar-refractivity contribution >= 4 is 10.8 Å². The molecular weight excluding hydrogens is 198 g/mol. The maximum atomic E-state index is 11.1. The summed E-state index contributed by atoms with van der Waals surface area (Å²) in [6.07, 6.45) is 2.34. The van der Waals surface area contributed by atoms with Crippen LogP contribution in [0.15, 0.2) is 0 Å². The van der Waals surface area contributed by atoms with Crippen LogP contribution in [-0.4, -0.2) is 42.0 Å². The van der Waals surface area contributed by atoms with E-state index in [2.05, 4.69) is 5.32 Å². The monoisotopic (exact) mass is 219 g/mol. The van der Waals surface area contributed by atoms with Gasteiger partial charge in [-0.1, -0.05) is 6.92 Å². The van der Waals surface area contributed by atoms with E-state index in [-0.39, 0.29) is 0 Å². The lowest BCUT2D eigenvalue weighted by molar-refractivity contribution is 0.0665. The van der Waals surface area contributed by atoms with Crippen LogP contribution in [-0.2, 0) is 15.5 Å². The Kier molecular flexibility index (Phi) is 6.39. The zero-order valence-electron chi connectivity index (χ0n) is 8.96. The number of hydrogen-bond donors (Lipinski definition) is 1. The van der Waals surface area contributed by atoms with Crippen molar-refractivity contribution in [2.45, 2.75) is 19.8 Å². The highest BCUT2D eigenvalue weighted by atomic mass is 32.2. The van der Waals surface area contributed by atoms with Gasteiger partial charge in [-0.2, -0.15) is 0 Å². The molecule has 1 fully saturated rings. The van der Waals surface area contributed by atoms with Crippen molar-refractivity contribution in [3.63, 3.8) is 0 Å². The fraction of sp³-hybridized carbons (Fsp3) is 1.00. The molecule has 14 heavy (non-hydrogen) atoms. The summed E-state index contributed by atoms with van der Waals surface area (Å²) in [5.41, 5.74) is 0. The number of ether oxygens (including phenoxy) is 1. The van der Waals surface area contributed by atoms with Crippen molar-refractivity contribution in [3.05, 3.63) is 0 Å². The highest BCUT2D eigenvalue weighted by molar-refractivity contribution is 7.84. The molecule has 4 heteroatoms. The standard InChI is InChI=1S/C10H21NO2S/c1-2-14(12)8-5-11-9-10-3-6-13-7-4-10/h10-11H,2-9H2,1H3. The molecular formula is C10H21NO2S. The third-order valence-electron chi connectivity index (χ3n) is 2.60. The maximum Gasteiger partial charge on any atom is 0.0469 e. The first kappa shape index (κ1) is 12.1. The average Bonchev–Trinajstić information content (AvgIpc) is 2.25. The average molecular weight is 219 g/mol. The maximum absolute atomic E-state index is 11.1. The number of rotatable bonds is 6. The lowest BCUT2D eigenvalue weighted by atomic mass is 10.0. The van der Waals surface area contributed by atoms with Crippen molar-refractivity contribution in [2.24, 2.45) is 5.92 Å². The predicted octanol–water partition coefficient (Wildman–Crippen LogP) is 0.771. The fourth-order valence-electron chi connectivity index (χ4n) is 1.59. The van der Waals surface area contributed by atoms with Gasteiger partial charge >= 0.3 is 0 Å². The molecule has 0 spiro atoms. The van der Waals surface area contributed by atoms with E-state index in [1.807, 2.05) is 6.92 Å². The highest BCUT2D eigenvalue weighted by Crippen LogP contribution is 2.12. The topological polar surface area (TPSA) is 38.3 Å². The molecule has 1 unspecified atom stereocenters. The van der Waals surface area contributed by atoms with Crippen LogP contribution in [0.25, 0.3) is 0 Å². The van der Waals surface area contributed by atoms with Gasteiger partial charge in [0.1, 0.15) is 0 Å². The molecule has 1 aliphatic rings. The van der Waals surface area contributed by atoms with Crippen molar-refractivity contribution < 1.29 is 8.95 Å². The molecule has 1 aliphatic heterocycles. The van der Waals surface area contributed by atoms with Crippen LogP contribution in [0.4, 0.5) is 0 Å². The minimum absolute atomic E-state index is 0.621. The molecule has 3 nitrogen and oxygen atoms in total. The Bertz CT molecular complexity index is 170. The summed E-state index contributed by atoms with van der Waals surface area (Å²) in [6.45, 7) is 5.73. The Morgan fingerprint density at radius 1 is 1.43 bits per heavy atom. The van der Waals surface area contributed by atoms with Gasteiger partial charge in [-0.15, -0.1) is 0 Å². The second-order valence-electron chi connectivity index (χ2n) is 3.69. The Hall–Kier alpha value is 0.0700. The van der Waals surface area contributed by atoms with E-state index < -0.39 is 10.8 Å². The van der Waals surface area contributed by atoms with Crippen molar-refractivity contribution in [1.29, 1.82) is 0 Å². The molecule has 1 atom stereocenters. The van der Waals surface area contributed by atoms with E-state index in [9.17, 15) is 4.21 Å². The molecule has 1 heterocycles. The molecule has 0 amide bonds. The second-order valence-corrected chi connectivity index (χ2v) is 5.56. The van der Waals surface area contributed by atoms with Gasteiger partial charge < -0.3 is 10.1 Å². The molecule has 0 bridgehead atoms. The van der Waals surface area contributed by atoms with Crippen LogP contribution in [0.1, 0.15) is 19.8 Å². The van der Waals surface area contributed by atoms with Crippen LogP contribution in [0.3, 0.4) is 0 Å². The van der Waals surface area contributed by atoms with Crippen molar-refractivity contribution in [1.82, 2.24) is 5.32 Å². The smallest absolute Gasteiger partial charge is 0.0469 e. The van der Waals surface area contributed by atoms with Crippen LogP contribution in [0, 0.1) is 5.92 Å². The van der Waals surface area contributed by atoms with E-state index in [4.69, 9.17) is 4.74 Å². The first-order chi connectivity index (χ1) is 6.83. The summed E-state index contributed by atoms with van der Waals surface area (Å²) in [6, 6.07) is 0. The van der Waals surface area contributed by atoms with Crippen molar-refractivity contribution in [3.8, 4) is 0 Å². The van der Waals surface area contributed by atoms with Gasteiger partial charge in [0, 0.05) is 42.1 Å². The van der Waals surface area contributed by atoms with Crippen LogP contribution in [0.5, 0.6) is 0 Å². The SMILES string of the molecule is CCS(=O)CCNCC1CCOCC1. The largest absolute Gasteiger partial charge is 0.381 e. The van der Waals surface area contributed by atoms with Gasteiger partial charge in [0.05, 0.1) is 0 Å². The lowest BCUT2D eigenvalue weighted by Crippen LogP contribution is -2.30. The van der Waals surface area contributed by atoms with Gasteiger partial charge in [0.25, 0.3) is 0 Å². The van der Waals surface area contributed by atoms with Gasteiger partial charge in [-0.3, -0.25) is 4.21 Å². The van der Waals surface area contributed by atoms with Gasteiger partial charge in [-0.05, 0) is 25.3 Å². The minimum atomic E-state index is -0.621. The van der Waals surface area contributed by atoms with Gasteiger partial charge in [0.15, 0.2) is 0 Å². The van der Waals surface area contributed by atoms with E-state index >= 15 is 0 Å².